The Kier molecular flexibility index (Phi) is 3.66. The summed E-state index contributed by atoms with van der Waals surface area (Å²) in [5.74, 6) is 0.433. The molecule has 2 heterocycles. The molecule has 0 amide bonds. The molecule has 9 heteroatoms. The molecule has 0 bridgehead atoms. The zero-order valence-electron chi connectivity index (χ0n) is 6.99. The van der Waals surface area contributed by atoms with Crippen molar-refractivity contribution in [1.82, 2.24) is 19.9 Å². The van der Waals surface area contributed by atoms with Gasteiger partial charge in [-0.15, -0.1) is 0 Å². The maximum absolute atomic E-state index is 7.45. The van der Waals surface area contributed by atoms with Crippen LogP contribution in [0.5, 0.6) is 0 Å². The molecule has 0 aliphatic rings. The fraction of sp³-hybridized carbons (Fsp3) is 0. The fourth-order valence-electron chi connectivity index (χ4n) is 0.784. The molecule has 8 nitrogen and oxygen atoms in total. The summed E-state index contributed by atoms with van der Waals surface area (Å²) in [6.07, 6.45) is 2.92. The molecule has 0 radical (unpaired) electrons. The molecule has 0 atom stereocenters. The molecule has 14 heavy (non-hydrogen) atoms. The van der Waals surface area contributed by atoms with Crippen LogP contribution < -0.4 is 11.2 Å². The van der Waals surface area contributed by atoms with Crippen molar-refractivity contribution in [1.29, 1.82) is 0 Å². The summed E-state index contributed by atoms with van der Waals surface area (Å²) >= 11 is 0. The first-order valence-corrected chi connectivity index (χ1v) is 4.75. The second-order valence-electron chi connectivity index (χ2n) is 2.18. The number of rotatable bonds is 0. The first kappa shape index (κ1) is 10.7. The minimum atomic E-state index is -2.12. The molecule has 0 fully saturated rings. The van der Waals surface area contributed by atoms with Gasteiger partial charge >= 0.3 is 0 Å². The Hall–Kier alpha value is -1.34. The number of fused-ring (bicyclic) bond motifs is 1. The van der Waals surface area contributed by atoms with E-state index in [-0.39, 0.29) is 0 Å². The molecule has 0 saturated heterocycles. The lowest BCUT2D eigenvalue weighted by Gasteiger charge is -1.89. The topological polar surface area (TPSA) is 147 Å². The minimum absolute atomic E-state index is 0.433. The van der Waals surface area contributed by atoms with Gasteiger partial charge in [0.15, 0.2) is 11.5 Å². The van der Waals surface area contributed by atoms with Gasteiger partial charge < -0.3 is 20.5 Å². The van der Waals surface area contributed by atoms with Gasteiger partial charge in [0.1, 0.15) is 11.8 Å². The third kappa shape index (κ3) is 2.86. The molecule has 2 aromatic rings. The molecule has 0 aliphatic carbocycles. The number of anilines is 1. The van der Waals surface area contributed by atoms with Crippen LogP contribution in [-0.2, 0) is 0 Å². The van der Waals surface area contributed by atoms with E-state index in [4.69, 9.17) is 15.5 Å². The second-order valence-corrected chi connectivity index (χ2v) is 2.82. The number of imidazole rings is 1. The predicted octanol–water partition coefficient (Wildman–Crippen LogP) is -0.908. The highest BCUT2D eigenvalue weighted by Gasteiger charge is 1.99. The van der Waals surface area contributed by atoms with E-state index in [1.165, 1.54) is 12.7 Å². The van der Waals surface area contributed by atoms with E-state index in [9.17, 15) is 0 Å². The fourth-order valence-corrected chi connectivity index (χ4v) is 0.784. The maximum atomic E-state index is 7.45. The lowest BCUT2D eigenvalue weighted by atomic mass is 10.5. The molecule has 0 aromatic carbocycles. The highest BCUT2D eigenvalue weighted by atomic mass is 31.2. The second kappa shape index (κ2) is 4.77. The van der Waals surface area contributed by atoms with Gasteiger partial charge in [0, 0.05) is 0 Å². The quantitative estimate of drug-likeness (QED) is 0.358. The van der Waals surface area contributed by atoms with Gasteiger partial charge in [-0.05, 0) is 0 Å². The minimum Gasteiger partial charge on any atom is -0.382 e. The van der Waals surface area contributed by atoms with Crippen molar-refractivity contribution in [2.75, 3.05) is 5.73 Å². The van der Waals surface area contributed by atoms with Gasteiger partial charge in [0.25, 0.3) is 0 Å². The summed E-state index contributed by atoms with van der Waals surface area (Å²) in [7, 11) is -2.12. The summed E-state index contributed by atoms with van der Waals surface area (Å²) in [6, 6.07) is 0. The van der Waals surface area contributed by atoms with Crippen molar-refractivity contribution in [3.8, 4) is 0 Å². The van der Waals surface area contributed by atoms with Crippen LogP contribution in [0.1, 0.15) is 0 Å². The van der Waals surface area contributed by atoms with E-state index in [0.29, 0.717) is 17.0 Å². The summed E-state index contributed by atoms with van der Waals surface area (Å²) in [6.45, 7) is 0. The number of hydrogen-bond acceptors (Lipinski definition) is 7. The largest absolute Gasteiger partial charge is 0.382 e. The molecular formula is C5H9N6O2P. The van der Waals surface area contributed by atoms with Gasteiger partial charge in [0.2, 0.25) is 8.53 Å². The first-order valence-electron chi connectivity index (χ1n) is 3.43. The Morgan fingerprint density at radius 2 is 1.93 bits per heavy atom. The zero-order chi connectivity index (χ0) is 10.6. The molecule has 2 rings (SSSR count). The lowest BCUT2D eigenvalue weighted by Crippen LogP contribution is -1.91. The number of nitrogens with two attached hydrogens (primary N) is 2. The van der Waals surface area contributed by atoms with Crippen molar-refractivity contribution in [2.45, 2.75) is 0 Å². The van der Waals surface area contributed by atoms with E-state index in [1.54, 1.807) is 0 Å². The number of nitrogens with zero attached hydrogens (tertiary/aromatic N) is 3. The Morgan fingerprint density at radius 1 is 1.29 bits per heavy atom. The average molecular weight is 216 g/mol. The van der Waals surface area contributed by atoms with Crippen LogP contribution in [0.2, 0.25) is 0 Å². The van der Waals surface area contributed by atoms with Gasteiger partial charge in [-0.3, -0.25) is 5.50 Å². The van der Waals surface area contributed by atoms with Crippen LogP contribution in [0.4, 0.5) is 5.82 Å². The third-order valence-electron chi connectivity index (χ3n) is 1.25. The van der Waals surface area contributed by atoms with Crippen LogP contribution >= 0.6 is 8.53 Å². The van der Waals surface area contributed by atoms with E-state index >= 15 is 0 Å². The van der Waals surface area contributed by atoms with E-state index in [1.807, 2.05) is 0 Å². The molecule has 0 unspecified atom stereocenters. The number of aromatic nitrogens is 4. The first-order chi connectivity index (χ1) is 6.61. The van der Waals surface area contributed by atoms with Crippen molar-refractivity contribution in [3.63, 3.8) is 0 Å². The Morgan fingerprint density at radius 3 is 2.50 bits per heavy atom. The summed E-state index contributed by atoms with van der Waals surface area (Å²) < 4.78 is 0. The van der Waals surface area contributed by atoms with E-state index in [0.717, 1.165) is 0 Å². The molecule has 7 N–H and O–H groups in total. The van der Waals surface area contributed by atoms with E-state index < -0.39 is 8.53 Å². The number of nitrogens with one attached hydrogen (secondary N) is 1. The number of H-pyrrole nitrogens is 1. The Balaban J connectivity index is 0.000000213. The maximum Gasteiger partial charge on any atom is 0.247 e. The summed E-state index contributed by atoms with van der Waals surface area (Å²) in [5, 5.41) is 0. The molecule has 0 spiro atoms. The van der Waals surface area contributed by atoms with Gasteiger partial charge in [-0.25, -0.2) is 15.0 Å². The third-order valence-corrected chi connectivity index (χ3v) is 1.25. The number of aromatic amines is 1. The molecule has 0 saturated carbocycles. The summed E-state index contributed by atoms with van der Waals surface area (Å²) in [5.41, 5.74) is 11.1. The zero-order valence-corrected chi connectivity index (χ0v) is 7.89. The smallest absolute Gasteiger partial charge is 0.247 e. The monoisotopic (exact) mass is 216 g/mol. The summed E-state index contributed by atoms with van der Waals surface area (Å²) in [4.78, 5) is 29.3. The normalized spacial score (nSPS) is 10.0. The van der Waals surface area contributed by atoms with Crippen LogP contribution in [0.3, 0.4) is 0 Å². The number of nitrogen functional groups attached to an aromatic ring is 1. The Bertz CT molecular complexity index is 401. The highest BCUT2D eigenvalue weighted by Crippen LogP contribution is 2.09. The molecule has 0 aliphatic heterocycles. The number of hydrogen-bond donors (Lipinski definition) is 5. The van der Waals surface area contributed by atoms with Crippen molar-refractivity contribution in [3.05, 3.63) is 12.7 Å². The van der Waals surface area contributed by atoms with Crippen LogP contribution in [0.25, 0.3) is 11.2 Å². The van der Waals surface area contributed by atoms with Crippen molar-refractivity contribution < 1.29 is 9.79 Å². The average Bonchev–Trinajstić information content (AvgIpc) is 2.52. The lowest BCUT2D eigenvalue weighted by molar-refractivity contribution is 0.485. The van der Waals surface area contributed by atoms with E-state index in [2.05, 4.69) is 25.4 Å². The standard InChI is InChI=1S/C5H5N5.H4NO2P/c6-4-3-5(9-1-7-3)10-2-8-4;1-4(2)3/h1-2H,(H3,6,7,8,9,10);2-3H,1H2. The van der Waals surface area contributed by atoms with Gasteiger partial charge in [0.05, 0.1) is 6.33 Å². The van der Waals surface area contributed by atoms with Crippen molar-refractivity contribution >= 4 is 25.5 Å². The van der Waals surface area contributed by atoms with Crippen LogP contribution in [0, 0.1) is 0 Å². The SMILES string of the molecule is NP(O)O.Nc1ncnc2nc[nH]c12. The van der Waals surface area contributed by atoms with Gasteiger partial charge in [-0.2, -0.15) is 0 Å². The highest BCUT2D eigenvalue weighted by molar-refractivity contribution is 7.42. The molecular weight excluding hydrogens is 207 g/mol. The Labute approximate surface area is 80.0 Å². The van der Waals surface area contributed by atoms with Gasteiger partial charge in [-0.1, -0.05) is 0 Å². The van der Waals surface area contributed by atoms with Crippen LogP contribution in [-0.4, -0.2) is 29.7 Å². The molecule has 2 aromatic heterocycles. The molecule has 76 valence electrons. The van der Waals surface area contributed by atoms with Crippen LogP contribution in [0.15, 0.2) is 12.7 Å². The van der Waals surface area contributed by atoms with Crippen molar-refractivity contribution in [2.24, 2.45) is 5.50 Å². The predicted molar refractivity (Wildman–Crippen MR) is 51.6 cm³/mol.